The summed E-state index contributed by atoms with van der Waals surface area (Å²) in [5.74, 6) is 1.78. The summed E-state index contributed by atoms with van der Waals surface area (Å²) in [7, 11) is 0. The van der Waals surface area contributed by atoms with Gasteiger partial charge in [-0.2, -0.15) is 0 Å². The summed E-state index contributed by atoms with van der Waals surface area (Å²) in [6.45, 7) is 0. The van der Waals surface area contributed by atoms with E-state index in [1.807, 2.05) is 18.2 Å². The van der Waals surface area contributed by atoms with Gasteiger partial charge in [-0.3, -0.25) is 0 Å². The molecule has 2 heterocycles. The first-order valence-corrected chi connectivity index (χ1v) is 21.3. The highest BCUT2D eigenvalue weighted by Gasteiger charge is 2.21. The van der Waals surface area contributed by atoms with Crippen molar-refractivity contribution >= 4 is 43.5 Å². The fraction of sp³-hybridized carbons (Fsp3) is 0. The zero-order chi connectivity index (χ0) is 41.7. The molecule has 12 rings (SSSR count). The quantitative estimate of drug-likeness (QED) is 0.161. The predicted molar refractivity (Wildman–Crippen MR) is 260 cm³/mol. The third-order valence-corrected chi connectivity index (χ3v) is 12.2. The molecular weight excluding hydrogens is 767 g/mol. The first-order valence-electron chi connectivity index (χ1n) is 21.3. The van der Waals surface area contributed by atoms with E-state index in [1.54, 1.807) is 0 Å². The Morgan fingerprint density at radius 3 is 1.49 bits per heavy atom. The Hall–Kier alpha value is -8.47. The van der Waals surface area contributed by atoms with Gasteiger partial charge in [0.05, 0.1) is 0 Å². The van der Waals surface area contributed by atoms with Crippen LogP contribution in [0.2, 0.25) is 0 Å². The number of aromatic nitrogens is 3. The average Bonchev–Trinajstić information content (AvgIpc) is 3.76. The summed E-state index contributed by atoms with van der Waals surface area (Å²) in [5, 5.41) is 6.62. The van der Waals surface area contributed by atoms with Crippen molar-refractivity contribution in [1.29, 1.82) is 0 Å². The molecule has 0 aliphatic carbocycles. The molecule has 63 heavy (non-hydrogen) atoms. The summed E-state index contributed by atoms with van der Waals surface area (Å²) in [6.07, 6.45) is 0. The molecule has 12 aromatic rings. The number of hydrogen-bond acceptors (Lipinski definition) is 4. The maximum Gasteiger partial charge on any atom is 0.164 e. The Morgan fingerprint density at radius 2 is 0.762 bits per heavy atom. The van der Waals surface area contributed by atoms with Crippen LogP contribution < -0.4 is 0 Å². The van der Waals surface area contributed by atoms with Crippen molar-refractivity contribution in [1.82, 2.24) is 15.0 Å². The van der Waals surface area contributed by atoms with Gasteiger partial charge < -0.3 is 4.42 Å². The maximum absolute atomic E-state index is 6.88. The summed E-state index contributed by atoms with van der Waals surface area (Å²) >= 11 is 0. The third-order valence-electron chi connectivity index (χ3n) is 12.2. The van der Waals surface area contributed by atoms with Crippen molar-refractivity contribution in [3.8, 4) is 78.7 Å². The van der Waals surface area contributed by atoms with Crippen LogP contribution in [0.1, 0.15) is 0 Å². The van der Waals surface area contributed by atoms with Gasteiger partial charge in [0.2, 0.25) is 0 Å². The van der Waals surface area contributed by atoms with Gasteiger partial charge in [-0.1, -0.05) is 212 Å². The van der Waals surface area contributed by atoms with Gasteiger partial charge in [-0.15, -0.1) is 0 Å². The van der Waals surface area contributed by atoms with Crippen LogP contribution in [0.5, 0.6) is 0 Å². The molecule has 2 aromatic heterocycles. The van der Waals surface area contributed by atoms with E-state index in [0.29, 0.717) is 17.5 Å². The lowest BCUT2D eigenvalue weighted by Crippen LogP contribution is -2.00. The minimum Gasteiger partial charge on any atom is -0.455 e. The number of benzene rings is 10. The van der Waals surface area contributed by atoms with Gasteiger partial charge >= 0.3 is 0 Å². The summed E-state index contributed by atoms with van der Waals surface area (Å²) in [4.78, 5) is 15.8. The Labute approximate surface area is 364 Å². The number of hydrogen-bond donors (Lipinski definition) is 0. The van der Waals surface area contributed by atoms with E-state index in [1.165, 1.54) is 21.9 Å². The fourth-order valence-corrected chi connectivity index (χ4v) is 9.13. The van der Waals surface area contributed by atoms with E-state index >= 15 is 0 Å². The minimum atomic E-state index is 0.579. The molecule has 0 bridgehead atoms. The van der Waals surface area contributed by atoms with Crippen molar-refractivity contribution in [2.45, 2.75) is 0 Å². The minimum absolute atomic E-state index is 0.579. The van der Waals surface area contributed by atoms with Crippen LogP contribution in [0.25, 0.3) is 122 Å². The van der Waals surface area contributed by atoms with Crippen LogP contribution >= 0.6 is 0 Å². The molecule has 4 nitrogen and oxygen atoms in total. The molecule has 0 saturated carbocycles. The molecule has 0 aliphatic heterocycles. The van der Waals surface area contributed by atoms with Gasteiger partial charge in [-0.05, 0) is 72.6 Å². The highest BCUT2D eigenvalue weighted by Crippen LogP contribution is 2.43. The molecule has 0 spiro atoms. The van der Waals surface area contributed by atoms with E-state index in [-0.39, 0.29) is 0 Å². The molecular formula is C59H37N3O. The van der Waals surface area contributed by atoms with Gasteiger partial charge in [0, 0.05) is 33.0 Å². The molecule has 4 heteroatoms. The van der Waals surface area contributed by atoms with Crippen molar-refractivity contribution in [3.63, 3.8) is 0 Å². The van der Waals surface area contributed by atoms with Crippen molar-refractivity contribution in [2.75, 3.05) is 0 Å². The molecule has 0 unspecified atom stereocenters. The molecule has 0 amide bonds. The number of furan rings is 1. The Morgan fingerprint density at radius 1 is 0.270 bits per heavy atom. The van der Waals surface area contributed by atoms with Crippen molar-refractivity contribution in [2.24, 2.45) is 0 Å². The van der Waals surface area contributed by atoms with E-state index in [9.17, 15) is 0 Å². The number of para-hydroxylation sites is 1. The zero-order valence-corrected chi connectivity index (χ0v) is 34.1. The second-order valence-corrected chi connectivity index (χ2v) is 15.9. The number of nitrogens with zero attached hydrogens (tertiary/aromatic N) is 3. The fourth-order valence-electron chi connectivity index (χ4n) is 9.13. The van der Waals surface area contributed by atoms with Crippen LogP contribution in [0.15, 0.2) is 229 Å². The summed E-state index contributed by atoms with van der Waals surface area (Å²) in [5.41, 5.74) is 13.4. The Bertz CT molecular complexity index is 3650. The largest absolute Gasteiger partial charge is 0.455 e. The zero-order valence-electron chi connectivity index (χ0n) is 34.1. The van der Waals surface area contributed by atoms with Gasteiger partial charge in [0.1, 0.15) is 11.2 Å². The number of rotatable bonds is 7. The number of fused-ring (bicyclic) bond motifs is 5. The normalized spacial score (nSPS) is 11.5. The van der Waals surface area contributed by atoms with E-state index in [4.69, 9.17) is 19.4 Å². The second kappa shape index (κ2) is 15.2. The highest BCUT2D eigenvalue weighted by atomic mass is 16.3. The Kier molecular flexibility index (Phi) is 8.79. The monoisotopic (exact) mass is 803 g/mol. The molecule has 0 N–H and O–H groups in total. The molecule has 0 saturated heterocycles. The van der Waals surface area contributed by atoms with Gasteiger partial charge in [0.25, 0.3) is 0 Å². The van der Waals surface area contributed by atoms with Crippen molar-refractivity contribution < 1.29 is 4.42 Å². The lowest BCUT2D eigenvalue weighted by Gasteiger charge is -2.12. The average molecular weight is 804 g/mol. The molecule has 0 fully saturated rings. The van der Waals surface area contributed by atoms with Crippen LogP contribution in [0.4, 0.5) is 0 Å². The smallest absolute Gasteiger partial charge is 0.164 e. The van der Waals surface area contributed by atoms with Crippen LogP contribution in [-0.2, 0) is 0 Å². The van der Waals surface area contributed by atoms with E-state index in [0.717, 1.165) is 82.8 Å². The second-order valence-electron chi connectivity index (χ2n) is 15.9. The van der Waals surface area contributed by atoms with Crippen LogP contribution in [0.3, 0.4) is 0 Å². The summed E-state index contributed by atoms with van der Waals surface area (Å²) in [6, 6.07) is 78.7. The van der Waals surface area contributed by atoms with Crippen LogP contribution in [0, 0.1) is 0 Å². The third kappa shape index (κ3) is 6.44. The van der Waals surface area contributed by atoms with Gasteiger partial charge in [-0.25, -0.2) is 15.0 Å². The highest BCUT2D eigenvalue weighted by molar-refractivity contribution is 6.17. The molecule has 10 aromatic carbocycles. The first-order chi connectivity index (χ1) is 31.2. The van der Waals surface area contributed by atoms with Crippen molar-refractivity contribution in [3.05, 3.63) is 224 Å². The Balaban J connectivity index is 1.05. The van der Waals surface area contributed by atoms with Crippen LogP contribution in [-0.4, -0.2) is 15.0 Å². The topological polar surface area (TPSA) is 51.8 Å². The molecule has 0 atom stereocenters. The SMILES string of the molecule is c1ccc(-c2ccc(-c3nc(-c4ccc5cccc(-c6ccccc6)c5c4)nc(-c4cccc5oc6c(-c7ccc(-c8ccccc8)c8ccccc78)cccc6c45)n3)cc2)cc1. The molecule has 0 radical (unpaired) electrons. The first kappa shape index (κ1) is 36.4. The molecule has 0 aliphatic rings. The standard InChI is InChI=1S/C59H37N3O/c1-4-15-38(16-5-1)39-29-32-43(33-30-39)57-60-58(44-34-31-42-21-12-24-45(53(42)37-44)40-17-6-2-7-18-40)62-59(61-57)52-27-14-28-54-55(52)51-26-13-25-50(56(51)63-54)49-36-35-46(41-19-8-3-9-20-41)47-22-10-11-23-48(47)49/h1-37H. The van der Waals surface area contributed by atoms with E-state index < -0.39 is 0 Å². The summed E-state index contributed by atoms with van der Waals surface area (Å²) < 4.78 is 6.88. The van der Waals surface area contributed by atoms with Gasteiger partial charge in [0.15, 0.2) is 17.5 Å². The lowest BCUT2D eigenvalue weighted by molar-refractivity contribution is 0.670. The predicted octanol–water partition coefficient (Wildman–Crippen LogP) is 15.7. The maximum atomic E-state index is 6.88. The molecule has 294 valence electrons. The van der Waals surface area contributed by atoms with E-state index in [2.05, 4.69) is 206 Å². The lowest BCUT2D eigenvalue weighted by atomic mass is 9.91.